The second kappa shape index (κ2) is 6.60. The molecule has 0 unspecified atom stereocenters. The predicted octanol–water partition coefficient (Wildman–Crippen LogP) is -3.51. The van der Waals surface area contributed by atoms with Gasteiger partial charge >= 0.3 is 0 Å². The zero-order chi connectivity index (χ0) is 13.0. The van der Waals surface area contributed by atoms with Gasteiger partial charge in [0.15, 0.2) is 0 Å². The van der Waals surface area contributed by atoms with Gasteiger partial charge in [-0.15, -0.1) is 0 Å². The zero-order valence-corrected chi connectivity index (χ0v) is 9.55. The van der Waals surface area contributed by atoms with Crippen molar-refractivity contribution in [1.82, 2.24) is 4.90 Å². The molecule has 6 N–H and O–H groups in total. The van der Waals surface area contributed by atoms with Crippen LogP contribution in [-0.4, -0.2) is 92.3 Å². The number of rotatable bonds is 5. The van der Waals surface area contributed by atoms with Crippen LogP contribution in [-0.2, 0) is 0 Å². The van der Waals surface area contributed by atoms with Gasteiger partial charge in [0, 0.05) is 13.1 Å². The lowest BCUT2D eigenvalue weighted by atomic mass is 9.94. The van der Waals surface area contributed by atoms with E-state index in [0.29, 0.717) is 6.54 Å². The van der Waals surface area contributed by atoms with Gasteiger partial charge < -0.3 is 30.6 Å². The molecule has 102 valence electrons. The number of likely N-dealkylation sites (tertiary alicyclic amines) is 1. The molecule has 1 rings (SSSR count). The molecule has 17 heavy (non-hydrogen) atoms. The first kappa shape index (κ1) is 14.8. The molecule has 1 aliphatic heterocycles. The molecule has 0 spiro atoms. The van der Waals surface area contributed by atoms with Crippen LogP contribution < -0.4 is 0 Å². The van der Waals surface area contributed by atoms with Crippen LogP contribution in [0.25, 0.3) is 0 Å². The van der Waals surface area contributed by atoms with E-state index in [2.05, 4.69) is 0 Å². The zero-order valence-electron chi connectivity index (χ0n) is 9.55. The molecule has 5 atom stereocenters. The largest absolute Gasteiger partial charge is 0.395 e. The maximum Gasteiger partial charge on any atom is 0.109 e. The third kappa shape index (κ3) is 3.59. The Morgan fingerprint density at radius 1 is 1.12 bits per heavy atom. The summed E-state index contributed by atoms with van der Waals surface area (Å²) in [5.41, 5.74) is 0. The Morgan fingerprint density at radius 3 is 2.29 bits per heavy atom. The van der Waals surface area contributed by atoms with Crippen molar-refractivity contribution in [2.45, 2.75) is 36.9 Å². The van der Waals surface area contributed by atoms with Crippen molar-refractivity contribution in [3.8, 4) is 0 Å². The predicted molar refractivity (Wildman–Crippen MR) is 58.2 cm³/mol. The van der Waals surface area contributed by atoms with Crippen molar-refractivity contribution in [2.24, 2.45) is 0 Å². The van der Waals surface area contributed by atoms with E-state index in [1.807, 2.05) is 0 Å². The number of β-amino-alcohol motifs (C(OH)–C–C–N with tert-alkyl or cyclic N) is 1. The molecule has 1 fully saturated rings. The minimum absolute atomic E-state index is 0.113. The first-order valence-electron chi connectivity index (χ1n) is 5.69. The Bertz CT molecular complexity index is 229. The first-order valence-corrected chi connectivity index (χ1v) is 5.69. The number of aliphatic hydroxyl groups excluding tert-OH is 6. The van der Waals surface area contributed by atoms with Gasteiger partial charge in [-0.3, -0.25) is 4.90 Å². The van der Waals surface area contributed by atoms with Gasteiger partial charge in [-0.1, -0.05) is 0 Å². The lowest BCUT2D eigenvalue weighted by molar-refractivity contribution is -0.146. The summed E-state index contributed by atoms with van der Waals surface area (Å²) in [6, 6.07) is -0.667. The maximum absolute atomic E-state index is 9.68. The number of hydrogen-bond acceptors (Lipinski definition) is 7. The number of aliphatic hydroxyl groups is 6. The summed E-state index contributed by atoms with van der Waals surface area (Å²) in [5, 5.41) is 55.7. The molecule has 0 aromatic rings. The van der Waals surface area contributed by atoms with E-state index in [-0.39, 0.29) is 26.2 Å². The van der Waals surface area contributed by atoms with Gasteiger partial charge in [-0.2, -0.15) is 0 Å². The average molecular weight is 251 g/mol. The van der Waals surface area contributed by atoms with Crippen molar-refractivity contribution in [3.63, 3.8) is 0 Å². The molecule has 1 heterocycles. The lowest BCUT2D eigenvalue weighted by Crippen LogP contribution is -2.62. The highest BCUT2D eigenvalue weighted by Crippen LogP contribution is 2.19. The van der Waals surface area contributed by atoms with E-state index < -0.39 is 30.5 Å². The highest BCUT2D eigenvalue weighted by Gasteiger charge is 2.40. The van der Waals surface area contributed by atoms with Crippen LogP contribution in [0.1, 0.15) is 6.42 Å². The van der Waals surface area contributed by atoms with Gasteiger partial charge in [0.1, 0.15) is 12.2 Å². The quantitative estimate of drug-likeness (QED) is 0.299. The van der Waals surface area contributed by atoms with Gasteiger partial charge in [-0.25, -0.2) is 0 Å². The molecule has 0 radical (unpaired) electrons. The Hall–Kier alpha value is -0.280. The molecule has 7 heteroatoms. The second-order valence-electron chi connectivity index (χ2n) is 4.42. The SMILES string of the molecule is OC[C@@H](O)CCN1C[C@H](O)[C@@H](O)[C@H](O)[C@H]1CO. The highest BCUT2D eigenvalue weighted by molar-refractivity contribution is 4.94. The van der Waals surface area contributed by atoms with Crippen molar-refractivity contribution in [3.05, 3.63) is 0 Å². The van der Waals surface area contributed by atoms with Crippen molar-refractivity contribution in [2.75, 3.05) is 26.3 Å². The fourth-order valence-corrected chi connectivity index (χ4v) is 2.04. The lowest BCUT2D eigenvalue weighted by Gasteiger charge is -2.43. The summed E-state index contributed by atoms with van der Waals surface area (Å²) in [5.74, 6) is 0. The van der Waals surface area contributed by atoms with Gasteiger partial charge in [0.05, 0.1) is 31.5 Å². The summed E-state index contributed by atoms with van der Waals surface area (Å²) in [4.78, 5) is 1.60. The van der Waals surface area contributed by atoms with E-state index in [1.54, 1.807) is 4.90 Å². The van der Waals surface area contributed by atoms with Gasteiger partial charge in [0.2, 0.25) is 0 Å². The van der Waals surface area contributed by atoms with Crippen molar-refractivity contribution in [1.29, 1.82) is 0 Å². The molecule has 0 saturated carbocycles. The Morgan fingerprint density at radius 2 is 1.76 bits per heavy atom. The summed E-state index contributed by atoms with van der Waals surface area (Å²) >= 11 is 0. The second-order valence-corrected chi connectivity index (χ2v) is 4.42. The third-order valence-corrected chi connectivity index (χ3v) is 3.18. The molecule has 0 aliphatic carbocycles. The highest BCUT2D eigenvalue weighted by atomic mass is 16.4. The van der Waals surface area contributed by atoms with Crippen LogP contribution in [0.3, 0.4) is 0 Å². The monoisotopic (exact) mass is 251 g/mol. The Balaban J connectivity index is 2.56. The van der Waals surface area contributed by atoms with E-state index in [1.165, 1.54) is 0 Å². The molecule has 0 bridgehead atoms. The number of piperidine rings is 1. The molecule has 0 amide bonds. The summed E-state index contributed by atoms with van der Waals surface area (Å²) in [6.45, 7) is -0.277. The van der Waals surface area contributed by atoms with Crippen LogP contribution in [0, 0.1) is 0 Å². The topological polar surface area (TPSA) is 125 Å². The fourth-order valence-electron chi connectivity index (χ4n) is 2.04. The Kier molecular flexibility index (Phi) is 5.74. The van der Waals surface area contributed by atoms with Crippen LogP contribution in [0.4, 0.5) is 0 Å². The fraction of sp³-hybridized carbons (Fsp3) is 1.00. The summed E-state index contributed by atoms with van der Waals surface area (Å²) in [6.07, 6.45) is -4.18. The molecule has 1 aliphatic rings. The first-order chi connectivity index (χ1) is 8.01. The van der Waals surface area contributed by atoms with Crippen molar-refractivity contribution >= 4 is 0 Å². The molecular weight excluding hydrogens is 230 g/mol. The van der Waals surface area contributed by atoms with Crippen LogP contribution in [0.2, 0.25) is 0 Å². The molecular formula is C10H21NO6. The maximum atomic E-state index is 9.68. The van der Waals surface area contributed by atoms with E-state index in [4.69, 9.17) is 10.2 Å². The summed E-state index contributed by atoms with van der Waals surface area (Å²) in [7, 11) is 0. The van der Waals surface area contributed by atoms with Crippen LogP contribution >= 0.6 is 0 Å². The molecule has 0 aromatic heterocycles. The summed E-state index contributed by atoms with van der Waals surface area (Å²) < 4.78 is 0. The van der Waals surface area contributed by atoms with Crippen molar-refractivity contribution < 1.29 is 30.6 Å². The standard InChI is InChI=1S/C10H21NO6/c12-4-6(14)1-2-11-3-8(15)10(17)9(16)7(11)5-13/h6-10,12-17H,1-5H2/t6-,7+,8-,9+,10+/m0/s1. The number of nitrogens with zero attached hydrogens (tertiary/aromatic N) is 1. The van der Waals surface area contributed by atoms with Crippen LogP contribution in [0.5, 0.6) is 0 Å². The number of hydrogen-bond donors (Lipinski definition) is 6. The van der Waals surface area contributed by atoms with E-state index in [9.17, 15) is 20.4 Å². The Labute approximate surface area is 99.5 Å². The van der Waals surface area contributed by atoms with Crippen LogP contribution in [0.15, 0.2) is 0 Å². The molecule has 1 saturated heterocycles. The smallest absolute Gasteiger partial charge is 0.109 e. The van der Waals surface area contributed by atoms with E-state index in [0.717, 1.165) is 0 Å². The normalized spacial score (nSPS) is 37.1. The third-order valence-electron chi connectivity index (χ3n) is 3.18. The van der Waals surface area contributed by atoms with Gasteiger partial charge in [0.25, 0.3) is 0 Å². The minimum atomic E-state index is -1.27. The van der Waals surface area contributed by atoms with Gasteiger partial charge in [-0.05, 0) is 6.42 Å². The van der Waals surface area contributed by atoms with E-state index >= 15 is 0 Å². The molecule has 7 nitrogen and oxygen atoms in total. The molecule has 0 aromatic carbocycles. The minimum Gasteiger partial charge on any atom is -0.395 e. The average Bonchev–Trinajstić information content (AvgIpc) is 2.33.